The molecule has 0 radical (unpaired) electrons. The zero-order chi connectivity index (χ0) is 14.5. The van der Waals surface area contributed by atoms with E-state index < -0.39 is 0 Å². The molecular weight excluding hydrogens is 258 g/mol. The van der Waals surface area contributed by atoms with Crippen LogP contribution in [0.1, 0.15) is 17.0 Å². The Morgan fingerprint density at radius 1 is 1.45 bits per heavy atom. The number of nitrogens with one attached hydrogen (secondary N) is 1. The molecule has 0 bridgehead atoms. The summed E-state index contributed by atoms with van der Waals surface area (Å²) in [5.74, 6) is 0.910. The highest BCUT2D eigenvalue weighted by molar-refractivity contribution is 5.42. The summed E-state index contributed by atoms with van der Waals surface area (Å²) in [6.45, 7) is 3.08. The molecule has 0 aliphatic rings. The molecule has 1 aromatic carbocycles. The lowest BCUT2D eigenvalue weighted by atomic mass is 10.1. The van der Waals surface area contributed by atoms with E-state index >= 15 is 0 Å². The Kier molecular flexibility index (Phi) is 4.41. The maximum atomic E-state index is 10.9. The maximum absolute atomic E-state index is 10.9. The van der Waals surface area contributed by atoms with Crippen molar-refractivity contribution in [2.75, 3.05) is 6.54 Å². The van der Waals surface area contributed by atoms with E-state index in [0.29, 0.717) is 12.1 Å². The topological polar surface area (TPSA) is 85.9 Å². The van der Waals surface area contributed by atoms with E-state index in [4.69, 9.17) is 0 Å². The zero-order valence-electron chi connectivity index (χ0n) is 11.5. The minimum atomic E-state index is -0.349. The molecule has 2 aromatic rings. The number of aryl methyl sites for hydroxylation is 2. The van der Waals surface area contributed by atoms with Crippen LogP contribution in [0.15, 0.2) is 24.5 Å². The van der Waals surface area contributed by atoms with Crippen LogP contribution in [-0.4, -0.2) is 26.2 Å². The van der Waals surface area contributed by atoms with Gasteiger partial charge in [0.05, 0.1) is 4.92 Å². The van der Waals surface area contributed by atoms with Crippen LogP contribution in [0.3, 0.4) is 0 Å². The third-order valence-electron chi connectivity index (χ3n) is 3.13. The van der Waals surface area contributed by atoms with Gasteiger partial charge in [-0.15, -0.1) is 10.2 Å². The van der Waals surface area contributed by atoms with Crippen LogP contribution in [0.2, 0.25) is 0 Å². The van der Waals surface area contributed by atoms with E-state index in [0.717, 1.165) is 24.4 Å². The minimum Gasteiger partial charge on any atom is -0.321 e. The number of hydrogen-bond donors (Lipinski definition) is 1. The van der Waals surface area contributed by atoms with Crippen molar-refractivity contribution < 1.29 is 4.92 Å². The van der Waals surface area contributed by atoms with Crippen LogP contribution in [0, 0.1) is 17.0 Å². The maximum Gasteiger partial charge on any atom is 0.272 e. The van der Waals surface area contributed by atoms with E-state index in [-0.39, 0.29) is 10.6 Å². The van der Waals surface area contributed by atoms with Gasteiger partial charge in [0.15, 0.2) is 0 Å². The minimum absolute atomic E-state index is 0.164. The predicted octanol–water partition coefficient (Wildman–Crippen LogP) is 1.36. The summed E-state index contributed by atoms with van der Waals surface area (Å²) in [6, 6.07) is 5.29. The second-order valence-corrected chi connectivity index (χ2v) is 4.66. The molecular formula is C13H17N5O2. The van der Waals surface area contributed by atoms with Crippen molar-refractivity contribution >= 4 is 5.69 Å². The SMILES string of the molecule is Cc1ccc(CNCCc2nncn2C)cc1[N+](=O)[O-]. The average molecular weight is 275 g/mol. The van der Waals surface area contributed by atoms with Crippen LogP contribution in [0.5, 0.6) is 0 Å². The first kappa shape index (κ1) is 14.1. The van der Waals surface area contributed by atoms with Gasteiger partial charge in [0.2, 0.25) is 0 Å². The number of nitro groups is 1. The van der Waals surface area contributed by atoms with Crippen LogP contribution >= 0.6 is 0 Å². The molecule has 0 fully saturated rings. The first-order valence-corrected chi connectivity index (χ1v) is 6.35. The lowest BCUT2D eigenvalue weighted by molar-refractivity contribution is -0.385. The van der Waals surface area contributed by atoms with E-state index in [1.807, 2.05) is 17.7 Å². The van der Waals surface area contributed by atoms with E-state index in [9.17, 15) is 10.1 Å². The Bertz CT molecular complexity index is 609. The van der Waals surface area contributed by atoms with Gasteiger partial charge in [0, 0.05) is 38.2 Å². The van der Waals surface area contributed by atoms with Crippen molar-refractivity contribution in [3.8, 4) is 0 Å². The number of rotatable bonds is 6. The molecule has 0 saturated heterocycles. The summed E-state index contributed by atoms with van der Waals surface area (Å²) in [7, 11) is 1.90. The Balaban J connectivity index is 1.87. The molecule has 20 heavy (non-hydrogen) atoms. The highest BCUT2D eigenvalue weighted by Gasteiger charge is 2.10. The van der Waals surface area contributed by atoms with Crippen LogP contribution < -0.4 is 5.32 Å². The number of aromatic nitrogens is 3. The number of hydrogen-bond acceptors (Lipinski definition) is 5. The van der Waals surface area contributed by atoms with Gasteiger partial charge in [-0.2, -0.15) is 0 Å². The summed E-state index contributed by atoms with van der Waals surface area (Å²) in [4.78, 5) is 10.5. The van der Waals surface area contributed by atoms with Crippen molar-refractivity contribution in [1.82, 2.24) is 20.1 Å². The van der Waals surface area contributed by atoms with Gasteiger partial charge >= 0.3 is 0 Å². The summed E-state index contributed by atoms with van der Waals surface area (Å²) in [5.41, 5.74) is 1.75. The normalized spacial score (nSPS) is 10.7. The summed E-state index contributed by atoms with van der Waals surface area (Å²) in [5, 5.41) is 21.9. The summed E-state index contributed by atoms with van der Waals surface area (Å²) < 4.78 is 1.87. The highest BCUT2D eigenvalue weighted by Crippen LogP contribution is 2.18. The van der Waals surface area contributed by atoms with E-state index in [2.05, 4.69) is 15.5 Å². The van der Waals surface area contributed by atoms with Gasteiger partial charge in [0.25, 0.3) is 5.69 Å². The van der Waals surface area contributed by atoms with Crippen molar-refractivity contribution in [2.24, 2.45) is 7.05 Å². The molecule has 1 heterocycles. The predicted molar refractivity (Wildman–Crippen MR) is 74.2 cm³/mol. The van der Waals surface area contributed by atoms with Crippen molar-refractivity contribution in [3.05, 3.63) is 51.6 Å². The van der Waals surface area contributed by atoms with E-state index in [1.54, 1.807) is 25.4 Å². The quantitative estimate of drug-likeness (QED) is 0.489. The number of nitro benzene ring substituents is 1. The first-order chi connectivity index (χ1) is 9.58. The van der Waals surface area contributed by atoms with Crippen molar-refractivity contribution in [3.63, 3.8) is 0 Å². The molecule has 0 aliphatic heterocycles. The third-order valence-corrected chi connectivity index (χ3v) is 3.13. The molecule has 0 unspecified atom stereocenters. The lowest BCUT2D eigenvalue weighted by Gasteiger charge is -2.05. The molecule has 0 saturated carbocycles. The fraction of sp³-hybridized carbons (Fsp3) is 0.385. The number of benzene rings is 1. The van der Waals surface area contributed by atoms with E-state index in [1.165, 1.54) is 0 Å². The Hall–Kier alpha value is -2.28. The second kappa shape index (κ2) is 6.25. The van der Waals surface area contributed by atoms with Crippen molar-refractivity contribution in [2.45, 2.75) is 19.9 Å². The van der Waals surface area contributed by atoms with Crippen molar-refractivity contribution in [1.29, 1.82) is 0 Å². The van der Waals surface area contributed by atoms with Crippen LogP contribution in [-0.2, 0) is 20.0 Å². The molecule has 0 spiro atoms. The molecule has 1 aromatic heterocycles. The van der Waals surface area contributed by atoms with Crippen LogP contribution in [0.25, 0.3) is 0 Å². The van der Waals surface area contributed by atoms with Crippen LogP contribution in [0.4, 0.5) is 5.69 Å². The second-order valence-electron chi connectivity index (χ2n) is 4.66. The molecule has 0 amide bonds. The monoisotopic (exact) mass is 275 g/mol. The summed E-state index contributed by atoms with van der Waals surface area (Å²) >= 11 is 0. The molecule has 0 aliphatic carbocycles. The fourth-order valence-electron chi connectivity index (χ4n) is 1.93. The van der Waals surface area contributed by atoms with Gasteiger partial charge in [-0.1, -0.05) is 12.1 Å². The molecule has 7 heteroatoms. The largest absolute Gasteiger partial charge is 0.321 e. The smallest absolute Gasteiger partial charge is 0.272 e. The summed E-state index contributed by atoms with van der Waals surface area (Å²) in [6.07, 6.45) is 2.43. The number of nitrogens with zero attached hydrogens (tertiary/aromatic N) is 4. The van der Waals surface area contributed by atoms with Gasteiger partial charge in [0.1, 0.15) is 12.2 Å². The Labute approximate surface area is 116 Å². The molecule has 1 N–H and O–H groups in total. The molecule has 106 valence electrons. The third kappa shape index (κ3) is 3.39. The zero-order valence-corrected chi connectivity index (χ0v) is 11.5. The first-order valence-electron chi connectivity index (χ1n) is 6.35. The lowest BCUT2D eigenvalue weighted by Crippen LogP contribution is -2.18. The average Bonchev–Trinajstić information content (AvgIpc) is 2.82. The van der Waals surface area contributed by atoms with Gasteiger partial charge in [-0.3, -0.25) is 10.1 Å². The molecule has 0 atom stereocenters. The Morgan fingerprint density at radius 3 is 2.90 bits per heavy atom. The van der Waals surface area contributed by atoms with Gasteiger partial charge in [-0.25, -0.2) is 0 Å². The molecule has 2 rings (SSSR count). The fourth-order valence-corrected chi connectivity index (χ4v) is 1.93. The standard InChI is InChI=1S/C13H17N5O2/c1-10-3-4-11(7-12(10)18(19)20)8-14-6-5-13-16-15-9-17(13)2/h3-4,7,9,14H,5-6,8H2,1-2H3. The van der Waals surface area contributed by atoms with Gasteiger partial charge < -0.3 is 9.88 Å². The molecule has 7 nitrogen and oxygen atoms in total. The van der Waals surface area contributed by atoms with Gasteiger partial charge in [-0.05, 0) is 12.5 Å². The Morgan fingerprint density at radius 2 is 2.25 bits per heavy atom. The highest BCUT2D eigenvalue weighted by atomic mass is 16.6.